The second-order valence-electron chi connectivity index (χ2n) is 6.89. The molecule has 0 aromatic heterocycles. The number of likely N-dealkylation sites (N-methyl/N-ethyl adjacent to an activating group) is 1. The molecule has 1 unspecified atom stereocenters. The van der Waals surface area contributed by atoms with E-state index in [1.807, 2.05) is 20.8 Å². The van der Waals surface area contributed by atoms with Crippen LogP contribution in [0.4, 0.5) is 4.79 Å². The molecule has 21 heavy (non-hydrogen) atoms. The van der Waals surface area contributed by atoms with Crippen molar-refractivity contribution in [3.63, 3.8) is 0 Å². The van der Waals surface area contributed by atoms with Gasteiger partial charge in [-0.2, -0.15) is 0 Å². The van der Waals surface area contributed by atoms with Crippen molar-refractivity contribution in [3.05, 3.63) is 11.9 Å². The SMILES string of the molecule is CN1CC=C(N2CCCC(NC(=O)OC(C)(C)C)C2)NC1. The summed E-state index contributed by atoms with van der Waals surface area (Å²) >= 11 is 0. The minimum absolute atomic E-state index is 0.149. The first-order valence-electron chi connectivity index (χ1n) is 7.70. The zero-order valence-electron chi connectivity index (χ0n) is 13.6. The van der Waals surface area contributed by atoms with E-state index >= 15 is 0 Å². The van der Waals surface area contributed by atoms with Crippen molar-refractivity contribution in [1.29, 1.82) is 0 Å². The quantitative estimate of drug-likeness (QED) is 0.804. The Labute approximate surface area is 127 Å². The summed E-state index contributed by atoms with van der Waals surface area (Å²) in [5, 5.41) is 6.40. The molecule has 2 N–H and O–H groups in total. The van der Waals surface area contributed by atoms with Crippen molar-refractivity contribution in [2.45, 2.75) is 45.3 Å². The average molecular weight is 296 g/mol. The Balaban J connectivity index is 1.85. The van der Waals surface area contributed by atoms with Crippen LogP contribution in [0.3, 0.4) is 0 Å². The van der Waals surface area contributed by atoms with Crippen molar-refractivity contribution in [1.82, 2.24) is 20.4 Å². The van der Waals surface area contributed by atoms with Gasteiger partial charge in [-0.25, -0.2) is 4.79 Å². The van der Waals surface area contributed by atoms with Gasteiger partial charge >= 0.3 is 6.09 Å². The van der Waals surface area contributed by atoms with Crippen LogP contribution in [0, 0.1) is 0 Å². The number of carbonyl (C=O) groups is 1. The first-order chi connectivity index (χ1) is 9.83. The zero-order valence-corrected chi connectivity index (χ0v) is 13.6. The van der Waals surface area contributed by atoms with E-state index in [0.29, 0.717) is 0 Å². The summed E-state index contributed by atoms with van der Waals surface area (Å²) in [5.41, 5.74) is -0.448. The Morgan fingerprint density at radius 1 is 1.48 bits per heavy atom. The topological polar surface area (TPSA) is 56.8 Å². The highest BCUT2D eigenvalue weighted by Gasteiger charge is 2.25. The van der Waals surface area contributed by atoms with E-state index in [2.05, 4.69) is 33.6 Å². The smallest absolute Gasteiger partial charge is 0.407 e. The van der Waals surface area contributed by atoms with Gasteiger partial charge in [0.05, 0.1) is 12.5 Å². The van der Waals surface area contributed by atoms with E-state index in [4.69, 9.17) is 4.74 Å². The minimum atomic E-state index is -0.448. The molecule has 2 aliphatic rings. The number of nitrogens with one attached hydrogen (secondary N) is 2. The lowest BCUT2D eigenvalue weighted by molar-refractivity contribution is 0.0477. The number of carbonyl (C=O) groups excluding carboxylic acids is 1. The lowest BCUT2D eigenvalue weighted by Gasteiger charge is -2.38. The van der Waals surface area contributed by atoms with Crippen molar-refractivity contribution in [2.24, 2.45) is 0 Å². The summed E-state index contributed by atoms with van der Waals surface area (Å²) in [6.45, 7) is 9.35. The standard InChI is InChI=1S/C15H28N4O2/c1-15(2,3)21-14(20)17-12-6-5-8-19(10-12)13-7-9-18(4)11-16-13/h7,12,16H,5-6,8-11H2,1-4H3,(H,17,20). The number of amides is 1. The molecule has 0 spiro atoms. The molecule has 0 aliphatic carbocycles. The van der Waals surface area contributed by atoms with Crippen LogP contribution in [0.5, 0.6) is 0 Å². The molecule has 0 aromatic rings. The fourth-order valence-corrected chi connectivity index (χ4v) is 2.62. The first kappa shape index (κ1) is 15.9. The lowest BCUT2D eigenvalue weighted by atomic mass is 10.1. The Kier molecular flexibility index (Phi) is 4.98. The molecule has 0 saturated carbocycles. The van der Waals surface area contributed by atoms with Gasteiger partial charge in [0.1, 0.15) is 5.60 Å². The highest BCUT2D eigenvalue weighted by Crippen LogP contribution is 2.16. The Hall–Kier alpha value is -1.43. The summed E-state index contributed by atoms with van der Waals surface area (Å²) in [6, 6.07) is 0.149. The van der Waals surface area contributed by atoms with E-state index in [9.17, 15) is 4.79 Å². The van der Waals surface area contributed by atoms with Gasteiger partial charge in [-0.05, 0) is 46.7 Å². The molecule has 2 rings (SSSR count). The first-order valence-corrected chi connectivity index (χ1v) is 7.70. The summed E-state index contributed by atoms with van der Waals surface area (Å²) in [6.07, 6.45) is 3.97. The highest BCUT2D eigenvalue weighted by atomic mass is 16.6. The van der Waals surface area contributed by atoms with Crippen molar-refractivity contribution in [3.8, 4) is 0 Å². The van der Waals surface area contributed by atoms with E-state index in [1.54, 1.807) is 0 Å². The van der Waals surface area contributed by atoms with Gasteiger partial charge in [-0.1, -0.05) is 0 Å². The third kappa shape index (κ3) is 5.12. The van der Waals surface area contributed by atoms with Crippen LogP contribution in [-0.4, -0.2) is 60.9 Å². The number of rotatable bonds is 2. The average Bonchev–Trinajstić information content (AvgIpc) is 2.37. The summed E-state index contributed by atoms with van der Waals surface area (Å²) < 4.78 is 5.33. The van der Waals surface area contributed by atoms with Gasteiger partial charge in [-0.3, -0.25) is 4.90 Å². The van der Waals surface area contributed by atoms with Gasteiger partial charge in [0.25, 0.3) is 0 Å². The van der Waals surface area contributed by atoms with Crippen LogP contribution in [0.25, 0.3) is 0 Å². The number of hydrogen-bond donors (Lipinski definition) is 2. The molecule has 0 aromatic carbocycles. The monoisotopic (exact) mass is 296 g/mol. The highest BCUT2D eigenvalue weighted by molar-refractivity contribution is 5.68. The molecular weight excluding hydrogens is 268 g/mol. The van der Waals surface area contributed by atoms with E-state index in [-0.39, 0.29) is 12.1 Å². The predicted octanol–water partition coefficient (Wildman–Crippen LogP) is 1.31. The fraction of sp³-hybridized carbons (Fsp3) is 0.800. The number of hydrogen-bond acceptors (Lipinski definition) is 5. The molecule has 120 valence electrons. The maximum absolute atomic E-state index is 11.9. The maximum Gasteiger partial charge on any atom is 0.407 e. The van der Waals surface area contributed by atoms with Crippen LogP contribution < -0.4 is 10.6 Å². The molecule has 1 atom stereocenters. The predicted molar refractivity (Wildman–Crippen MR) is 82.7 cm³/mol. The Morgan fingerprint density at radius 2 is 2.24 bits per heavy atom. The molecule has 2 aliphatic heterocycles. The minimum Gasteiger partial charge on any atom is -0.444 e. The third-order valence-electron chi connectivity index (χ3n) is 3.61. The van der Waals surface area contributed by atoms with E-state index in [1.165, 1.54) is 5.82 Å². The molecule has 0 radical (unpaired) electrons. The lowest BCUT2D eigenvalue weighted by Crippen LogP contribution is -2.51. The fourth-order valence-electron chi connectivity index (χ4n) is 2.62. The van der Waals surface area contributed by atoms with Crippen LogP contribution in [0.1, 0.15) is 33.6 Å². The molecule has 2 heterocycles. The van der Waals surface area contributed by atoms with Gasteiger partial charge < -0.3 is 20.3 Å². The van der Waals surface area contributed by atoms with Gasteiger partial charge in [0.15, 0.2) is 0 Å². The van der Waals surface area contributed by atoms with Crippen molar-refractivity contribution < 1.29 is 9.53 Å². The second-order valence-corrected chi connectivity index (χ2v) is 6.89. The van der Waals surface area contributed by atoms with Gasteiger partial charge in [0, 0.05) is 25.7 Å². The number of piperidine rings is 1. The van der Waals surface area contributed by atoms with Crippen LogP contribution in [0.15, 0.2) is 11.9 Å². The molecular formula is C15H28N4O2. The molecule has 1 fully saturated rings. The number of ether oxygens (including phenoxy) is 1. The largest absolute Gasteiger partial charge is 0.444 e. The van der Waals surface area contributed by atoms with Gasteiger partial charge in [-0.15, -0.1) is 0 Å². The van der Waals surface area contributed by atoms with Gasteiger partial charge in [0.2, 0.25) is 0 Å². The van der Waals surface area contributed by atoms with Crippen LogP contribution >= 0.6 is 0 Å². The number of likely N-dealkylation sites (tertiary alicyclic amines) is 1. The zero-order chi connectivity index (χ0) is 15.5. The third-order valence-corrected chi connectivity index (χ3v) is 3.61. The summed E-state index contributed by atoms with van der Waals surface area (Å²) in [7, 11) is 2.09. The van der Waals surface area contributed by atoms with Crippen LogP contribution in [-0.2, 0) is 4.74 Å². The molecule has 1 saturated heterocycles. The second kappa shape index (κ2) is 6.56. The summed E-state index contributed by atoms with van der Waals surface area (Å²) in [5.74, 6) is 1.18. The molecule has 6 nitrogen and oxygen atoms in total. The molecule has 0 bridgehead atoms. The number of alkyl carbamates (subject to hydrolysis) is 1. The van der Waals surface area contributed by atoms with Crippen LogP contribution in [0.2, 0.25) is 0 Å². The van der Waals surface area contributed by atoms with Crippen molar-refractivity contribution in [2.75, 3.05) is 33.4 Å². The van der Waals surface area contributed by atoms with Crippen molar-refractivity contribution >= 4 is 6.09 Å². The molecule has 1 amide bonds. The van der Waals surface area contributed by atoms with E-state index < -0.39 is 5.60 Å². The maximum atomic E-state index is 11.9. The summed E-state index contributed by atoms with van der Waals surface area (Å²) in [4.78, 5) is 16.4. The molecule has 6 heteroatoms. The Morgan fingerprint density at radius 3 is 2.86 bits per heavy atom. The number of nitrogens with zero attached hydrogens (tertiary/aromatic N) is 2. The Bertz CT molecular complexity index is 403. The van der Waals surface area contributed by atoms with E-state index in [0.717, 1.165) is 39.1 Å². The normalized spacial score (nSPS) is 24.1.